The van der Waals surface area contributed by atoms with Crippen molar-refractivity contribution >= 4 is 15.6 Å². The Balaban J connectivity index is 2.09. The zero-order chi connectivity index (χ0) is 17.1. The molecule has 0 N–H and O–H groups in total. The molecule has 6 nitrogen and oxygen atoms in total. The average Bonchev–Trinajstić information content (AvgIpc) is 2.47. The quantitative estimate of drug-likeness (QED) is 0.778. The molecule has 0 unspecified atom stereocenters. The molecular weight excluding hydrogens is 314 g/mol. The third kappa shape index (κ3) is 4.41. The van der Waals surface area contributed by atoms with Crippen LogP contribution in [0.1, 0.15) is 42.5 Å². The summed E-state index contributed by atoms with van der Waals surface area (Å²) >= 11 is 0. The number of benzene rings is 1. The highest BCUT2D eigenvalue weighted by molar-refractivity contribution is 7.91. The molecule has 7 heteroatoms. The van der Waals surface area contributed by atoms with E-state index in [0.717, 1.165) is 0 Å². The molecule has 0 saturated carbocycles. The van der Waals surface area contributed by atoms with Gasteiger partial charge in [-0.3, -0.25) is 4.79 Å². The maximum atomic E-state index is 12.2. The number of ketones is 1. The third-order valence-electron chi connectivity index (χ3n) is 3.43. The van der Waals surface area contributed by atoms with Crippen LogP contribution in [0.3, 0.4) is 0 Å². The van der Waals surface area contributed by atoms with Crippen LogP contribution in [0.2, 0.25) is 0 Å². The van der Waals surface area contributed by atoms with Gasteiger partial charge >= 0.3 is 0 Å². The van der Waals surface area contributed by atoms with E-state index in [1.165, 1.54) is 12.7 Å². The fourth-order valence-electron chi connectivity index (χ4n) is 1.82. The summed E-state index contributed by atoms with van der Waals surface area (Å²) in [6.45, 7) is 5.03. The van der Waals surface area contributed by atoms with Crippen LogP contribution in [0.5, 0.6) is 0 Å². The van der Waals surface area contributed by atoms with E-state index in [4.69, 9.17) is 0 Å². The maximum Gasteiger partial charge on any atom is 0.170 e. The first-order valence-electron chi connectivity index (χ1n) is 7.14. The molecule has 0 fully saturated rings. The number of sulfone groups is 1. The van der Waals surface area contributed by atoms with E-state index in [-0.39, 0.29) is 18.0 Å². The fraction of sp³-hybridized carbons (Fsp3) is 0.375. The first-order chi connectivity index (χ1) is 10.7. The minimum absolute atomic E-state index is 0.0432. The van der Waals surface area contributed by atoms with E-state index in [0.29, 0.717) is 17.0 Å². The Morgan fingerprint density at radius 3 is 2.13 bits per heavy atom. The standard InChI is InChI=1S/C16H19N3O3S/c1-16(2,3)23(21,22)9-12-4-6-13(7-5-12)14(20)8-15-18-10-17-11-19-15/h4-7,10-11H,8-9H2,1-3H3. The van der Waals surface area contributed by atoms with E-state index < -0.39 is 14.6 Å². The Morgan fingerprint density at radius 1 is 1.04 bits per heavy atom. The number of Topliss-reactive ketones (excluding diaryl/α,β-unsaturated/α-hetero) is 1. The molecule has 1 heterocycles. The smallest absolute Gasteiger partial charge is 0.170 e. The zero-order valence-electron chi connectivity index (χ0n) is 13.4. The van der Waals surface area contributed by atoms with Crippen LogP contribution in [0.15, 0.2) is 36.9 Å². The summed E-state index contributed by atoms with van der Waals surface area (Å²) in [4.78, 5) is 23.7. The van der Waals surface area contributed by atoms with Crippen LogP contribution in [-0.4, -0.2) is 33.9 Å². The van der Waals surface area contributed by atoms with Crippen molar-refractivity contribution in [3.8, 4) is 0 Å². The third-order valence-corrected chi connectivity index (χ3v) is 6.01. The summed E-state index contributed by atoms with van der Waals surface area (Å²) in [6.07, 6.45) is 2.77. The summed E-state index contributed by atoms with van der Waals surface area (Å²) in [6, 6.07) is 6.61. The Kier molecular flexibility index (Phi) is 4.89. The maximum absolute atomic E-state index is 12.2. The number of aromatic nitrogens is 3. The number of carbonyl (C=O) groups excluding carboxylic acids is 1. The number of hydrogen-bond donors (Lipinski definition) is 0. The molecule has 0 aliphatic heterocycles. The van der Waals surface area contributed by atoms with Gasteiger partial charge in [0.15, 0.2) is 15.6 Å². The largest absolute Gasteiger partial charge is 0.294 e. The van der Waals surface area contributed by atoms with E-state index in [1.807, 2.05) is 0 Å². The van der Waals surface area contributed by atoms with Gasteiger partial charge in [0.05, 0.1) is 16.9 Å². The van der Waals surface area contributed by atoms with Crippen molar-refractivity contribution in [1.29, 1.82) is 0 Å². The first-order valence-corrected chi connectivity index (χ1v) is 8.79. The van der Waals surface area contributed by atoms with Crippen molar-refractivity contribution in [2.45, 2.75) is 37.7 Å². The second-order valence-electron chi connectivity index (χ2n) is 6.22. The minimum atomic E-state index is -3.24. The molecule has 0 radical (unpaired) electrons. The summed E-state index contributed by atoms with van der Waals surface area (Å²) in [7, 11) is -3.24. The molecule has 0 spiro atoms. The lowest BCUT2D eigenvalue weighted by atomic mass is 10.1. The average molecular weight is 333 g/mol. The van der Waals surface area contributed by atoms with Gasteiger partial charge in [0, 0.05) is 5.56 Å². The molecule has 0 bridgehead atoms. The predicted molar refractivity (Wildman–Crippen MR) is 86.7 cm³/mol. The molecule has 0 atom stereocenters. The monoisotopic (exact) mass is 333 g/mol. The molecule has 2 aromatic rings. The molecule has 0 amide bonds. The van der Waals surface area contributed by atoms with Crippen LogP contribution in [-0.2, 0) is 22.0 Å². The molecule has 0 aliphatic carbocycles. The van der Waals surface area contributed by atoms with E-state index in [9.17, 15) is 13.2 Å². The highest BCUT2D eigenvalue weighted by Gasteiger charge is 2.28. The molecule has 23 heavy (non-hydrogen) atoms. The minimum Gasteiger partial charge on any atom is -0.294 e. The van der Waals surface area contributed by atoms with Gasteiger partial charge in [0.2, 0.25) is 0 Å². The van der Waals surface area contributed by atoms with Gasteiger partial charge in [0.1, 0.15) is 18.5 Å². The SMILES string of the molecule is CC(C)(C)S(=O)(=O)Cc1ccc(C(=O)Cc2ncncn2)cc1. The predicted octanol–water partition coefficient (Wildman–Crippen LogP) is 2.01. The van der Waals surface area contributed by atoms with E-state index in [1.54, 1.807) is 45.0 Å². The van der Waals surface area contributed by atoms with Crippen molar-refractivity contribution < 1.29 is 13.2 Å². The summed E-state index contributed by atoms with van der Waals surface area (Å²) in [5.74, 6) is 0.240. The second kappa shape index (κ2) is 6.54. The molecule has 0 saturated heterocycles. The van der Waals surface area contributed by atoms with Gasteiger partial charge in [-0.1, -0.05) is 24.3 Å². The Bertz CT molecular complexity index is 780. The lowest BCUT2D eigenvalue weighted by Crippen LogP contribution is -2.29. The Hall–Kier alpha value is -2.15. The number of rotatable bonds is 5. The van der Waals surface area contributed by atoms with Crippen molar-refractivity contribution in [3.05, 3.63) is 53.9 Å². The summed E-state index contributed by atoms with van der Waals surface area (Å²) in [5.41, 5.74) is 1.17. The highest BCUT2D eigenvalue weighted by atomic mass is 32.2. The van der Waals surface area contributed by atoms with Crippen LogP contribution >= 0.6 is 0 Å². The fourth-order valence-corrected chi connectivity index (χ4v) is 2.89. The Labute approximate surface area is 135 Å². The van der Waals surface area contributed by atoms with Gasteiger partial charge in [-0.15, -0.1) is 0 Å². The van der Waals surface area contributed by atoms with Gasteiger partial charge in [0.25, 0.3) is 0 Å². The normalized spacial score (nSPS) is 12.1. The van der Waals surface area contributed by atoms with Crippen LogP contribution in [0.4, 0.5) is 0 Å². The highest BCUT2D eigenvalue weighted by Crippen LogP contribution is 2.21. The van der Waals surface area contributed by atoms with Crippen LogP contribution < -0.4 is 0 Å². The molecule has 1 aromatic carbocycles. The van der Waals surface area contributed by atoms with Crippen molar-refractivity contribution in [2.75, 3.05) is 0 Å². The van der Waals surface area contributed by atoms with Gasteiger partial charge in [-0.05, 0) is 26.3 Å². The Morgan fingerprint density at radius 2 is 1.61 bits per heavy atom. The van der Waals surface area contributed by atoms with Crippen molar-refractivity contribution in [1.82, 2.24) is 15.0 Å². The second-order valence-corrected chi connectivity index (χ2v) is 8.97. The molecule has 1 aromatic heterocycles. The van der Waals surface area contributed by atoms with Gasteiger partial charge in [-0.2, -0.15) is 0 Å². The summed E-state index contributed by atoms with van der Waals surface area (Å²) in [5, 5.41) is 0. The number of hydrogen-bond acceptors (Lipinski definition) is 6. The molecule has 122 valence electrons. The number of carbonyl (C=O) groups is 1. The topological polar surface area (TPSA) is 89.9 Å². The van der Waals surface area contributed by atoms with Gasteiger partial charge in [-0.25, -0.2) is 23.4 Å². The van der Waals surface area contributed by atoms with Crippen LogP contribution in [0, 0.1) is 0 Å². The zero-order valence-corrected chi connectivity index (χ0v) is 14.2. The van der Waals surface area contributed by atoms with Crippen molar-refractivity contribution in [2.24, 2.45) is 0 Å². The van der Waals surface area contributed by atoms with Crippen molar-refractivity contribution in [3.63, 3.8) is 0 Å². The molecule has 2 rings (SSSR count). The lowest BCUT2D eigenvalue weighted by Gasteiger charge is -2.19. The molecule has 0 aliphatic rings. The molecular formula is C16H19N3O3S. The van der Waals surface area contributed by atoms with E-state index >= 15 is 0 Å². The first kappa shape index (κ1) is 17.2. The summed E-state index contributed by atoms with van der Waals surface area (Å²) < 4.78 is 23.6. The van der Waals surface area contributed by atoms with Gasteiger partial charge < -0.3 is 0 Å². The lowest BCUT2D eigenvalue weighted by molar-refractivity contribution is 0.0990. The van der Waals surface area contributed by atoms with E-state index in [2.05, 4.69) is 15.0 Å². The van der Waals surface area contributed by atoms with Crippen LogP contribution in [0.25, 0.3) is 0 Å². The number of nitrogens with zero attached hydrogens (tertiary/aromatic N) is 3.